The lowest BCUT2D eigenvalue weighted by Crippen LogP contribution is -2.43. The first-order chi connectivity index (χ1) is 9.58. The molecule has 0 radical (unpaired) electrons. The van der Waals surface area contributed by atoms with E-state index in [-0.39, 0.29) is 5.91 Å². The Balaban J connectivity index is 1.98. The van der Waals surface area contributed by atoms with Crippen molar-refractivity contribution in [2.45, 2.75) is 32.7 Å². The van der Waals surface area contributed by atoms with Crippen LogP contribution in [0.3, 0.4) is 0 Å². The highest BCUT2D eigenvalue weighted by Crippen LogP contribution is 2.22. The number of piperidine rings is 1. The zero-order valence-electron chi connectivity index (χ0n) is 12.2. The largest absolute Gasteiger partial charge is 0.338 e. The molecule has 0 aliphatic carbocycles. The molecule has 4 heteroatoms. The minimum atomic E-state index is 0.0600. The van der Waals surface area contributed by atoms with E-state index in [1.165, 1.54) is 6.42 Å². The second kappa shape index (κ2) is 7.09. The van der Waals surface area contributed by atoms with Gasteiger partial charge in [-0.1, -0.05) is 37.6 Å². The van der Waals surface area contributed by atoms with Gasteiger partial charge in [0.05, 0.1) is 10.6 Å². The summed E-state index contributed by atoms with van der Waals surface area (Å²) in [7, 11) is 0. The fourth-order valence-electron chi connectivity index (χ4n) is 2.62. The predicted octanol–water partition coefficient (Wildman–Crippen LogP) is 3.19. The summed E-state index contributed by atoms with van der Waals surface area (Å²) in [6, 6.07) is 7.78. The third kappa shape index (κ3) is 3.97. The first-order valence-electron chi connectivity index (χ1n) is 7.35. The van der Waals surface area contributed by atoms with Crippen molar-refractivity contribution in [3.63, 3.8) is 0 Å². The Bertz CT molecular complexity index is 462. The van der Waals surface area contributed by atoms with Gasteiger partial charge in [0, 0.05) is 19.1 Å². The lowest BCUT2D eigenvalue weighted by molar-refractivity contribution is 0.0672. The van der Waals surface area contributed by atoms with E-state index in [1.807, 2.05) is 17.0 Å². The van der Waals surface area contributed by atoms with Crippen molar-refractivity contribution in [1.29, 1.82) is 0 Å². The van der Waals surface area contributed by atoms with Gasteiger partial charge in [0.25, 0.3) is 5.91 Å². The highest BCUT2D eigenvalue weighted by molar-refractivity contribution is 6.33. The second-order valence-corrected chi connectivity index (χ2v) is 6.21. The summed E-state index contributed by atoms with van der Waals surface area (Å²) in [5.74, 6) is 0.599. The Morgan fingerprint density at radius 2 is 2.20 bits per heavy atom. The molecule has 1 atom stereocenters. The number of hydrogen-bond acceptors (Lipinski definition) is 2. The standard InChI is InChI=1S/C16H23ClN2O/c1-12(2)18-10-13-6-5-9-19(11-13)16(20)14-7-3-4-8-15(14)17/h3-4,7-8,12-13,18H,5-6,9-11H2,1-2H3. The molecule has 1 aliphatic heterocycles. The summed E-state index contributed by atoms with van der Waals surface area (Å²) < 4.78 is 0. The molecule has 0 spiro atoms. The van der Waals surface area contributed by atoms with Gasteiger partial charge >= 0.3 is 0 Å². The van der Waals surface area contributed by atoms with Gasteiger partial charge in [0.2, 0.25) is 0 Å². The molecule has 1 unspecified atom stereocenters. The SMILES string of the molecule is CC(C)NCC1CCCN(C(=O)c2ccccc2Cl)C1. The van der Waals surface area contributed by atoms with Gasteiger partial charge in [0.15, 0.2) is 0 Å². The van der Waals surface area contributed by atoms with E-state index < -0.39 is 0 Å². The monoisotopic (exact) mass is 294 g/mol. The molecule has 1 aromatic rings. The maximum Gasteiger partial charge on any atom is 0.255 e. The normalized spacial score (nSPS) is 19.4. The molecule has 0 saturated carbocycles. The topological polar surface area (TPSA) is 32.3 Å². The van der Waals surface area contributed by atoms with Crippen LogP contribution in [-0.2, 0) is 0 Å². The minimum absolute atomic E-state index is 0.0600. The Labute approximate surface area is 126 Å². The fraction of sp³-hybridized carbons (Fsp3) is 0.562. The number of carbonyl (C=O) groups excluding carboxylic acids is 1. The molecule has 1 amide bonds. The molecule has 1 fully saturated rings. The van der Waals surface area contributed by atoms with Crippen LogP contribution in [0.15, 0.2) is 24.3 Å². The smallest absolute Gasteiger partial charge is 0.255 e. The van der Waals surface area contributed by atoms with E-state index in [4.69, 9.17) is 11.6 Å². The van der Waals surface area contributed by atoms with Crippen LogP contribution in [0.2, 0.25) is 5.02 Å². The summed E-state index contributed by atoms with van der Waals surface area (Å²) in [6.45, 7) is 6.93. The highest BCUT2D eigenvalue weighted by atomic mass is 35.5. The van der Waals surface area contributed by atoms with Crippen molar-refractivity contribution in [2.75, 3.05) is 19.6 Å². The molecule has 2 rings (SSSR count). The Morgan fingerprint density at radius 1 is 1.45 bits per heavy atom. The number of hydrogen-bond donors (Lipinski definition) is 1. The van der Waals surface area contributed by atoms with E-state index in [0.717, 1.165) is 26.1 Å². The van der Waals surface area contributed by atoms with Crippen molar-refractivity contribution in [3.05, 3.63) is 34.9 Å². The van der Waals surface area contributed by atoms with Crippen LogP contribution in [0.5, 0.6) is 0 Å². The zero-order chi connectivity index (χ0) is 14.5. The molecule has 1 aromatic carbocycles. The van der Waals surface area contributed by atoms with Crippen molar-refractivity contribution < 1.29 is 4.79 Å². The van der Waals surface area contributed by atoms with Crippen LogP contribution in [0, 0.1) is 5.92 Å². The van der Waals surface area contributed by atoms with Gasteiger partial charge in [-0.25, -0.2) is 0 Å². The number of nitrogens with zero attached hydrogens (tertiary/aromatic N) is 1. The second-order valence-electron chi connectivity index (χ2n) is 5.80. The van der Waals surface area contributed by atoms with Crippen LogP contribution in [0.4, 0.5) is 0 Å². The van der Waals surface area contributed by atoms with Crippen molar-refractivity contribution in [2.24, 2.45) is 5.92 Å². The lowest BCUT2D eigenvalue weighted by Gasteiger charge is -2.33. The number of rotatable bonds is 4. The average Bonchev–Trinajstić information content (AvgIpc) is 2.45. The van der Waals surface area contributed by atoms with E-state index in [2.05, 4.69) is 19.2 Å². The van der Waals surface area contributed by atoms with Gasteiger partial charge in [0.1, 0.15) is 0 Å². The molecule has 1 aliphatic rings. The van der Waals surface area contributed by atoms with Crippen LogP contribution in [-0.4, -0.2) is 36.5 Å². The number of nitrogens with one attached hydrogen (secondary N) is 1. The highest BCUT2D eigenvalue weighted by Gasteiger charge is 2.25. The molecule has 0 bridgehead atoms. The first-order valence-corrected chi connectivity index (χ1v) is 7.73. The Morgan fingerprint density at radius 3 is 2.90 bits per heavy atom. The third-order valence-electron chi connectivity index (χ3n) is 3.73. The number of amides is 1. The molecule has 0 aromatic heterocycles. The minimum Gasteiger partial charge on any atom is -0.338 e. The van der Waals surface area contributed by atoms with Gasteiger partial charge in [-0.3, -0.25) is 4.79 Å². The van der Waals surface area contributed by atoms with Gasteiger partial charge in [-0.05, 0) is 37.4 Å². The van der Waals surface area contributed by atoms with E-state index in [0.29, 0.717) is 22.5 Å². The van der Waals surface area contributed by atoms with Crippen LogP contribution in [0.1, 0.15) is 37.0 Å². The van der Waals surface area contributed by atoms with Crippen molar-refractivity contribution in [3.8, 4) is 0 Å². The molecule has 20 heavy (non-hydrogen) atoms. The number of likely N-dealkylation sites (tertiary alicyclic amines) is 1. The van der Waals surface area contributed by atoms with Crippen LogP contribution >= 0.6 is 11.6 Å². The van der Waals surface area contributed by atoms with Gasteiger partial charge in [-0.15, -0.1) is 0 Å². The average molecular weight is 295 g/mol. The fourth-order valence-corrected chi connectivity index (χ4v) is 2.84. The zero-order valence-corrected chi connectivity index (χ0v) is 13.0. The quantitative estimate of drug-likeness (QED) is 0.925. The first kappa shape index (κ1) is 15.3. The Kier molecular flexibility index (Phi) is 5.44. The summed E-state index contributed by atoms with van der Waals surface area (Å²) in [4.78, 5) is 14.5. The predicted molar refractivity (Wildman–Crippen MR) is 83.2 cm³/mol. The third-order valence-corrected chi connectivity index (χ3v) is 4.05. The molecule has 3 nitrogen and oxygen atoms in total. The molecular formula is C16H23ClN2O. The summed E-state index contributed by atoms with van der Waals surface area (Å²) in [6.07, 6.45) is 2.26. The van der Waals surface area contributed by atoms with E-state index in [9.17, 15) is 4.79 Å². The molecule has 1 N–H and O–H groups in total. The summed E-state index contributed by atoms with van der Waals surface area (Å²) >= 11 is 6.12. The number of halogens is 1. The summed E-state index contributed by atoms with van der Waals surface area (Å²) in [5.41, 5.74) is 0.617. The molecule has 1 saturated heterocycles. The molecule has 110 valence electrons. The maximum absolute atomic E-state index is 12.5. The van der Waals surface area contributed by atoms with Crippen molar-refractivity contribution >= 4 is 17.5 Å². The summed E-state index contributed by atoms with van der Waals surface area (Å²) in [5, 5.41) is 4.00. The van der Waals surface area contributed by atoms with Gasteiger partial charge in [-0.2, -0.15) is 0 Å². The number of benzene rings is 1. The van der Waals surface area contributed by atoms with E-state index in [1.54, 1.807) is 12.1 Å². The Hall–Kier alpha value is -1.06. The molecule has 1 heterocycles. The lowest BCUT2D eigenvalue weighted by atomic mass is 9.97. The van der Waals surface area contributed by atoms with Crippen molar-refractivity contribution in [1.82, 2.24) is 10.2 Å². The maximum atomic E-state index is 12.5. The molecular weight excluding hydrogens is 272 g/mol. The van der Waals surface area contributed by atoms with Gasteiger partial charge < -0.3 is 10.2 Å². The number of carbonyl (C=O) groups is 1. The van der Waals surface area contributed by atoms with E-state index >= 15 is 0 Å². The van der Waals surface area contributed by atoms with Crippen LogP contribution in [0.25, 0.3) is 0 Å². The van der Waals surface area contributed by atoms with Crippen LogP contribution < -0.4 is 5.32 Å².